The zero-order valence-electron chi connectivity index (χ0n) is 10.9. The smallest absolute Gasteiger partial charge is 0.336 e. The molecule has 5 heteroatoms. The van der Waals surface area contributed by atoms with E-state index in [4.69, 9.17) is 10.2 Å². The minimum atomic E-state index is -0.961. The highest BCUT2D eigenvalue weighted by molar-refractivity contribution is 6.02. The van der Waals surface area contributed by atoms with Crippen molar-refractivity contribution in [2.24, 2.45) is 0 Å². The van der Waals surface area contributed by atoms with E-state index in [0.717, 1.165) is 0 Å². The van der Waals surface area contributed by atoms with E-state index in [1.54, 1.807) is 30.3 Å². The van der Waals surface area contributed by atoms with Crippen LogP contribution in [0.5, 0.6) is 0 Å². The molecule has 0 amide bonds. The van der Waals surface area contributed by atoms with E-state index in [1.807, 2.05) is 18.9 Å². The number of hydrogen-bond donors (Lipinski definition) is 2. The summed E-state index contributed by atoms with van der Waals surface area (Å²) in [6, 6.07) is 8.49. The molecule has 0 saturated carbocycles. The third-order valence-electron chi connectivity index (χ3n) is 3.23. The fraction of sp³-hybridized carbons (Fsp3) is 0.286. The van der Waals surface area contributed by atoms with E-state index < -0.39 is 5.97 Å². The molecule has 1 unspecified atom stereocenters. The van der Waals surface area contributed by atoms with Crippen LogP contribution in [0.15, 0.2) is 30.3 Å². The molecule has 0 fully saturated rings. The van der Waals surface area contributed by atoms with Gasteiger partial charge in [-0.2, -0.15) is 0 Å². The normalized spacial score (nSPS) is 12.4. The summed E-state index contributed by atoms with van der Waals surface area (Å²) in [7, 11) is 1.84. The highest BCUT2D eigenvalue weighted by Gasteiger charge is 2.13. The average Bonchev–Trinajstić information content (AvgIpc) is 2.44. The first-order valence-electron chi connectivity index (χ1n) is 6.01. The second kappa shape index (κ2) is 5.24. The number of aromatic nitrogens is 1. The Morgan fingerprint density at radius 2 is 2.11 bits per heavy atom. The first-order valence-corrected chi connectivity index (χ1v) is 6.01. The van der Waals surface area contributed by atoms with Gasteiger partial charge in [0.2, 0.25) is 0 Å². The predicted octanol–water partition coefficient (Wildman–Crippen LogP) is 1.75. The molecule has 2 aromatic rings. The Labute approximate surface area is 111 Å². The first-order chi connectivity index (χ1) is 9.04. The molecule has 1 aromatic carbocycles. The van der Waals surface area contributed by atoms with E-state index in [0.29, 0.717) is 16.7 Å². The van der Waals surface area contributed by atoms with Gasteiger partial charge in [-0.3, -0.25) is 0 Å². The van der Waals surface area contributed by atoms with Crippen molar-refractivity contribution in [3.05, 3.63) is 35.9 Å². The number of carboxylic acid groups (broad SMARTS) is 1. The monoisotopic (exact) mass is 260 g/mol. The molecule has 100 valence electrons. The Balaban J connectivity index is 2.50. The van der Waals surface area contributed by atoms with Gasteiger partial charge in [-0.25, -0.2) is 9.78 Å². The van der Waals surface area contributed by atoms with Gasteiger partial charge in [-0.15, -0.1) is 0 Å². The number of nitrogens with zero attached hydrogens (tertiary/aromatic N) is 2. The quantitative estimate of drug-likeness (QED) is 0.876. The summed E-state index contributed by atoms with van der Waals surface area (Å²) >= 11 is 0. The van der Waals surface area contributed by atoms with Gasteiger partial charge in [-0.05, 0) is 31.2 Å². The van der Waals surface area contributed by atoms with Gasteiger partial charge >= 0.3 is 5.97 Å². The lowest BCUT2D eigenvalue weighted by Crippen LogP contribution is -2.32. The second-order valence-corrected chi connectivity index (χ2v) is 4.49. The maximum Gasteiger partial charge on any atom is 0.336 e. The zero-order valence-corrected chi connectivity index (χ0v) is 10.9. The molecule has 0 aliphatic rings. The molecule has 0 radical (unpaired) electrons. The Hall–Kier alpha value is -2.14. The summed E-state index contributed by atoms with van der Waals surface area (Å²) in [5.41, 5.74) is 0.879. The largest absolute Gasteiger partial charge is 0.478 e. The summed E-state index contributed by atoms with van der Waals surface area (Å²) in [6.45, 7) is 1.92. The SMILES string of the molecule is CC(CO)N(C)c1ccc2c(C(=O)O)cccc2n1. The van der Waals surface area contributed by atoms with Crippen molar-refractivity contribution in [3.8, 4) is 0 Å². The topological polar surface area (TPSA) is 73.7 Å². The maximum atomic E-state index is 11.1. The molecule has 0 saturated heterocycles. The summed E-state index contributed by atoms with van der Waals surface area (Å²) < 4.78 is 0. The molecular formula is C14H16N2O3. The third-order valence-corrected chi connectivity index (χ3v) is 3.23. The highest BCUT2D eigenvalue weighted by atomic mass is 16.4. The number of aliphatic hydroxyl groups excluding tert-OH is 1. The van der Waals surface area contributed by atoms with E-state index in [-0.39, 0.29) is 18.2 Å². The number of likely N-dealkylation sites (N-methyl/N-ethyl adjacent to an activating group) is 1. The van der Waals surface area contributed by atoms with Gasteiger partial charge in [0.15, 0.2) is 0 Å². The Kier molecular flexibility index (Phi) is 3.66. The third kappa shape index (κ3) is 2.51. The molecule has 19 heavy (non-hydrogen) atoms. The van der Waals surface area contributed by atoms with Crippen LogP contribution < -0.4 is 4.90 Å². The Morgan fingerprint density at radius 3 is 2.74 bits per heavy atom. The average molecular weight is 260 g/mol. The van der Waals surface area contributed by atoms with Crippen LogP contribution in [-0.2, 0) is 0 Å². The number of carbonyl (C=O) groups is 1. The van der Waals surface area contributed by atoms with Crippen LogP contribution in [0.25, 0.3) is 10.9 Å². The number of carboxylic acids is 1. The molecule has 2 N–H and O–H groups in total. The van der Waals surface area contributed by atoms with Crippen LogP contribution in [0.3, 0.4) is 0 Å². The van der Waals surface area contributed by atoms with E-state index in [2.05, 4.69) is 4.98 Å². The van der Waals surface area contributed by atoms with Crippen LogP contribution in [0.4, 0.5) is 5.82 Å². The number of hydrogen-bond acceptors (Lipinski definition) is 4. The Morgan fingerprint density at radius 1 is 1.37 bits per heavy atom. The lowest BCUT2D eigenvalue weighted by molar-refractivity contribution is 0.0699. The lowest BCUT2D eigenvalue weighted by atomic mass is 10.1. The van der Waals surface area contributed by atoms with E-state index in [9.17, 15) is 4.79 Å². The summed E-state index contributed by atoms with van der Waals surface area (Å²) in [4.78, 5) is 17.4. The predicted molar refractivity (Wildman–Crippen MR) is 73.7 cm³/mol. The van der Waals surface area contributed by atoms with Crippen LogP contribution in [0.1, 0.15) is 17.3 Å². The molecule has 0 aliphatic carbocycles. The molecule has 2 rings (SSSR count). The first kappa shape index (κ1) is 13.3. The minimum Gasteiger partial charge on any atom is -0.478 e. The number of fused-ring (bicyclic) bond motifs is 1. The van der Waals surface area contributed by atoms with Crippen LogP contribution in [0.2, 0.25) is 0 Å². The number of pyridine rings is 1. The van der Waals surface area contributed by atoms with Crippen molar-refractivity contribution < 1.29 is 15.0 Å². The van der Waals surface area contributed by atoms with Crippen molar-refractivity contribution in [1.82, 2.24) is 4.98 Å². The van der Waals surface area contributed by atoms with Crippen LogP contribution >= 0.6 is 0 Å². The van der Waals surface area contributed by atoms with Crippen molar-refractivity contribution in [2.45, 2.75) is 13.0 Å². The van der Waals surface area contributed by atoms with Crippen molar-refractivity contribution in [2.75, 3.05) is 18.6 Å². The van der Waals surface area contributed by atoms with Gasteiger partial charge in [0, 0.05) is 12.4 Å². The van der Waals surface area contributed by atoms with E-state index >= 15 is 0 Å². The molecular weight excluding hydrogens is 244 g/mol. The molecule has 0 bridgehead atoms. The van der Waals surface area contributed by atoms with Crippen molar-refractivity contribution in [3.63, 3.8) is 0 Å². The van der Waals surface area contributed by atoms with Gasteiger partial charge in [0.25, 0.3) is 0 Å². The maximum absolute atomic E-state index is 11.1. The summed E-state index contributed by atoms with van der Waals surface area (Å²) in [5, 5.41) is 18.9. The number of benzene rings is 1. The number of aliphatic hydroxyl groups is 1. The van der Waals surface area contributed by atoms with Crippen LogP contribution in [0, 0.1) is 0 Å². The highest BCUT2D eigenvalue weighted by Crippen LogP contribution is 2.21. The van der Waals surface area contributed by atoms with Gasteiger partial charge in [0.05, 0.1) is 23.7 Å². The zero-order chi connectivity index (χ0) is 14.0. The van der Waals surface area contributed by atoms with Gasteiger partial charge in [-0.1, -0.05) is 6.07 Å². The molecule has 0 spiro atoms. The lowest BCUT2D eigenvalue weighted by Gasteiger charge is -2.24. The van der Waals surface area contributed by atoms with Crippen molar-refractivity contribution >= 4 is 22.7 Å². The molecule has 5 nitrogen and oxygen atoms in total. The molecule has 1 heterocycles. The summed E-state index contributed by atoms with van der Waals surface area (Å²) in [6.07, 6.45) is 0. The Bertz CT molecular complexity index is 613. The van der Waals surface area contributed by atoms with Crippen LogP contribution in [-0.4, -0.2) is 40.9 Å². The van der Waals surface area contributed by atoms with Gasteiger partial charge in [0.1, 0.15) is 5.82 Å². The molecule has 1 atom stereocenters. The minimum absolute atomic E-state index is 0.0331. The fourth-order valence-corrected chi connectivity index (χ4v) is 1.88. The molecule has 1 aromatic heterocycles. The number of aromatic carboxylic acids is 1. The fourth-order valence-electron chi connectivity index (χ4n) is 1.88. The number of anilines is 1. The second-order valence-electron chi connectivity index (χ2n) is 4.49. The summed E-state index contributed by atoms with van der Waals surface area (Å²) in [5.74, 6) is -0.256. The van der Waals surface area contributed by atoms with Gasteiger partial charge < -0.3 is 15.1 Å². The van der Waals surface area contributed by atoms with E-state index in [1.165, 1.54) is 0 Å². The number of rotatable bonds is 4. The van der Waals surface area contributed by atoms with Crippen molar-refractivity contribution in [1.29, 1.82) is 0 Å². The standard InChI is InChI=1S/C14H16N2O3/c1-9(8-17)16(2)13-7-6-10-11(14(18)19)4-3-5-12(10)15-13/h3-7,9,17H,8H2,1-2H3,(H,18,19). The molecule has 0 aliphatic heterocycles.